The highest BCUT2D eigenvalue weighted by Crippen LogP contribution is 2.26. The summed E-state index contributed by atoms with van der Waals surface area (Å²) in [7, 11) is 0. The number of rotatable bonds is 5. The van der Waals surface area contributed by atoms with Gasteiger partial charge in [0.05, 0.1) is 6.26 Å². The Balaban J connectivity index is 1.49. The summed E-state index contributed by atoms with van der Waals surface area (Å²) < 4.78 is 10.9. The lowest BCUT2D eigenvalue weighted by Crippen LogP contribution is -2.10. The third kappa shape index (κ3) is 3.18. The molecule has 0 saturated heterocycles. The fraction of sp³-hybridized carbons (Fsp3) is 0. The maximum absolute atomic E-state index is 11.1. The first kappa shape index (κ1) is 15.6. The highest BCUT2D eigenvalue weighted by atomic mass is 16.4. The summed E-state index contributed by atoms with van der Waals surface area (Å²) in [5.74, 6) is 0.825. The Morgan fingerprint density at radius 2 is 1.54 bits per heavy atom. The van der Waals surface area contributed by atoms with Crippen molar-refractivity contribution in [3.8, 4) is 23.1 Å². The quantitative estimate of drug-likeness (QED) is 0.568. The lowest BCUT2D eigenvalue weighted by molar-refractivity contribution is 0.100. The molecule has 7 heteroatoms. The van der Waals surface area contributed by atoms with E-state index in [0.29, 0.717) is 23.1 Å². The van der Waals surface area contributed by atoms with Gasteiger partial charge < -0.3 is 19.9 Å². The van der Waals surface area contributed by atoms with Gasteiger partial charge in [0.1, 0.15) is 0 Å². The predicted octanol–water partition coefficient (Wildman–Crippen LogP) is 3.84. The van der Waals surface area contributed by atoms with E-state index in [0.717, 1.165) is 16.9 Å². The van der Waals surface area contributed by atoms with Gasteiger partial charge in [-0.15, -0.1) is 10.2 Å². The second-order valence-corrected chi connectivity index (χ2v) is 5.53. The molecule has 0 saturated carbocycles. The zero-order valence-corrected chi connectivity index (χ0v) is 13.5. The van der Waals surface area contributed by atoms with E-state index in [1.54, 1.807) is 42.7 Å². The van der Waals surface area contributed by atoms with E-state index in [2.05, 4.69) is 15.5 Å². The topological polar surface area (TPSA) is 107 Å². The average molecular weight is 346 g/mol. The fourth-order valence-corrected chi connectivity index (χ4v) is 2.42. The minimum absolute atomic E-state index is 0.335. The molecule has 2 aromatic heterocycles. The number of hydrogen-bond acceptors (Lipinski definition) is 6. The van der Waals surface area contributed by atoms with Crippen molar-refractivity contribution in [1.29, 1.82) is 0 Å². The molecule has 4 aromatic rings. The summed E-state index contributed by atoms with van der Waals surface area (Å²) >= 11 is 0. The number of anilines is 2. The predicted molar refractivity (Wildman–Crippen MR) is 95.7 cm³/mol. The Morgan fingerprint density at radius 1 is 0.885 bits per heavy atom. The second kappa shape index (κ2) is 6.56. The summed E-state index contributed by atoms with van der Waals surface area (Å²) in [5, 5.41) is 11.3. The summed E-state index contributed by atoms with van der Waals surface area (Å²) in [6.07, 6.45) is 1.55. The van der Waals surface area contributed by atoms with Gasteiger partial charge in [-0.25, -0.2) is 0 Å². The van der Waals surface area contributed by atoms with Crippen LogP contribution in [-0.4, -0.2) is 16.1 Å². The molecule has 128 valence electrons. The van der Waals surface area contributed by atoms with Crippen molar-refractivity contribution in [2.24, 2.45) is 5.73 Å². The standard InChI is InChI=1S/C19H14N4O3/c20-17(24)12-3-7-14(8-4-12)21-15-9-5-13(6-10-15)18-22-23-19(26-18)16-2-1-11-25-16/h1-11,21H,(H2,20,24). The molecule has 0 bridgehead atoms. The van der Waals surface area contributed by atoms with Gasteiger partial charge in [-0.05, 0) is 60.7 Å². The van der Waals surface area contributed by atoms with Gasteiger partial charge in [-0.1, -0.05) is 0 Å². The van der Waals surface area contributed by atoms with Crippen LogP contribution < -0.4 is 11.1 Å². The molecule has 0 spiro atoms. The zero-order valence-electron chi connectivity index (χ0n) is 13.5. The number of nitrogens with zero attached hydrogens (tertiary/aromatic N) is 2. The molecule has 0 radical (unpaired) electrons. The van der Waals surface area contributed by atoms with Gasteiger partial charge in [0.2, 0.25) is 11.8 Å². The molecule has 0 aliphatic rings. The Labute approximate surface area is 148 Å². The maximum atomic E-state index is 11.1. The van der Waals surface area contributed by atoms with Gasteiger partial charge >= 0.3 is 0 Å². The number of aromatic nitrogens is 2. The van der Waals surface area contributed by atoms with Crippen LogP contribution in [-0.2, 0) is 0 Å². The Hall–Kier alpha value is -3.87. The van der Waals surface area contributed by atoms with Crippen LogP contribution in [0.2, 0.25) is 0 Å². The normalized spacial score (nSPS) is 10.6. The molecule has 2 heterocycles. The van der Waals surface area contributed by atoms with Crippen molar-refractivity contribution in [1.82, 2.24) is 10.2 Å². The van der Waals surface area contributed by atoms with E-state index >= 15 is 0 Å². The number of carbonyl (C=O) groups is 1. The first-order chi connectivity index (χ1) is 12.7. The first-order valence-electron chi connectivity index (χ1n) is 7.84. The van der Waals surface area contributed by atoms with E-state index in [9.17, 15) is 4.79 Å². The lowest BCUT2D eigenvalue weighted by Gasteiger charge is -2.07. The Bertz CT molecular complexity index is 1020. The van der Waals surface area contributed by atoms with E-state index < -0.39 is 5.91 Å². The summed E-state index contributed by atoms with van der Waals surface area (Å²) in [5.41, 5.74) is 8.23. The summed E-state index contributed by atoms with van der Waals surface area (Å²) in [6.45, 7) is 0. The largest absolute Gasteiger partial charge is 0.459 e. The Kier molecular flexibility index (Phi) is 3.95. The number of nitrogens with one attached hydrogen (secondary N) is 1. The number of carbonyl (C=O) groups excluding carboxylic acids is 1. The van der Waals surface area contributed by atoms with Crippen LogP contribution in [0.15, 0.2) is 75.8 Å². The van der Waals surface area contributed by atoms with E-state index in [-0.39, 0.29) is 0 Å². The number of amides is 1. The van der Waals surface area contributed by atoms with Gasteiger partial charge in [0.25, 0.3) is 5.89 Å². The van der Waals surface area contributed by atoms with Gasteiger partial charge in [0.15, 0.2) is 5.76 Å². The highest BCUT2D eigenvalue weighted by Gasteiger charge is 2.12. The second-order valence-electron chi connectivity index (χ2n) is 5.53. The van der Waals surface area contributed by atoms with Crippen molar-refractivity contribution in [3.05, 3.63) is 72.5 Å². The first-order valence-corrected chi connectivity index (χ1v) is 7.84. The molecular formula is C19H14N4O3. The zero-order chi connectivity index (χ0) is 17.9. The average Bonchev–Trinajstić information content (AvgIpc) is 3.34. The third-order valence-corrected chi connectivity index (χ3v) is 3.75. The third-order valence-electron chi connectivity index (χ3n) is 3.75. The van der Waals surface area contributed by atoms with Crippen LogP contribution in [0.1, 0.15) is 10.4 Å². The van der Waals surface area contributed by atoms with E-state index in [4.69, 9.17) is 14.6 Å². The van der Waals surface area contributed by atoms with Gasteiger partial charge in [0, 0.05) is 22.5 Å². The molecule has 0 unspecified atom stereocenters. The fourth-order valence-electron chi connectivity index (χ4n) is 2.42. The minimum atomic E-state index is -0.450. The van der Waals surface area contributed by atoms with Crippen LogP contribution >= 0.6 is 0 Å². The molecule has 0 fully saturated rings. The van der Waals surface area contributed by atoms with Gasteiger partial charge in [-0.3, -0.25) is 4.79 Å². The smallest absolute Gasteiger partial charge is 0.283 e. The molecule has 3 N–H and O–H groups in total. The molecular weight excluding hydrogens is 332 g/mol. The van der Waals surface area contributed by atoms with Crippen LogP contribution in [0, 0.1) is 0 Å². The Morgan fingerprint density at radius 3 is 2.15 bits per heavy atom. The number of furan rings is 1. The molecule has 0 aliphatic heterocycles. The van der Waals surface area contributed by atoms with Crippen molar-refractivity contribution in [2.75, 3.05) is 5.32 Å². The maximum Gasteiger partial charge on any atom is 0.283 e. The van der Waals surface area contributed by atoms with Crippen LogP contribution in [0.4, 0.5) is 11.4 Å². The summed E-state index contributed by atoms with van der Waals surface area (Å²) in [4.78, 5) is 11.1. The molecule has 26 heavy (non-hydrogen) atoms. The van der Waals surface area contributed by atoms with Crippen LogP contribution in [0.5, 0.6) is 0 Å². The van der Waals surface area contributed by atoms with E-state index in [1.165, 1.54) is 0 Å². The SMILES string of the molecule is NC(=O)c1ccc(Nc2ccc(-c3nnc(-c4ccco4)o3)cc2)cc1. The highest BCUT2D eigenvalue weighted by molar-refractivity contribution is 5.93. The minimum Gasteiger partial charge on any atom is -0.459 e. The van der Waals surface area contributed by atoms with Crippen molar-refractivity contribution >= 4 is 17.3 Å². The molecule has 4 rings (SSSR count). The lowest BCUT2D eigenvalue weighted by atomic mass is 10.1. The van der Waals surface area contributed by atoms with Crippen molar-refractivity contribution in [2.45, 2.75) is 0 Å². The molecule has 2 aromatic carbocycles. The van der Waals surface area contributed by atoms with E-state index in [1.807, 2.05) is 24.3 Å². The molecule has 7 nitrogen and oxygen atoms in total. The monoisotopic (exact) mass is 346 g/mol. The van der Waals surface area contributed by atoms with Crippen LogP contribution in [0.25, 0.3) is 23.1 Å². The van der Waals surface area contributed by atoms with Crippen LogP contribution in [0.3, 0.4) is 0 Å². The molecule has 1 amide bonds. The number of hydrogen-bond donors (Lipinski definition) is 2. The molecule has 0 aliphatic carbocycles. The number of nitrogens with two attached hydrogens (primary N) is 1. The van der Waals surface area contributed by atoms with Gasteiger partial charge in [-0.2, -0.15) is 0 Å². The number of primary amides is 1. The molecule has 0 atom stereocenters. The summed E-state index contributed by atoms with van der Waals surface area (Å²) in [6, 6.07) is 18.0. The number of benzene rings is 2. The van der Waals surface area contributed by atoms with Crippen molar-refractivity contribution in [3.63, 3.8) is 0 Å². The van der Waals surface area contributed by atoms with Crippen molar-refractivity contribution < 1.29 is 13.6 Å².